The number of nitrogens with zero attached hydrogens (tertiary/aromatic N) is 2. The minimum atomic E-state index is -0.119. The zero-order valence-corrected chi connectivity index (χ0v) is 12.8. The molecule has 0 amide bonds. The number of thioether (sulfide) groups is 1. The summed E-state index contributed by atoms with van der Waals surface area (Å²) >= 11 is 13.8. The summed E-state index contributed by atoms with van der Waals surface area (Å²) in [5, 5.41) is 1.25. The monoisotopic (exact) mass is 316 g/mol. The Morgan fingerprint density at radius 1 is 1.42 bits per heavy atom. The summed E-state index contributed by atoms with van der Waals surface area (Å²) in [5.41, 5.74) is 0.939. The van der Waals surface area contributed by atoms with E-state index in [4.69, 9.17) is 27.9 Å². The SMILES string of the molecule is CSCO[C@H](Cn1ccnc1)c1ccc(Cl)cc1Cl. The quantitative estimate of drug-likeness (QED) is 0.745. The average Bonchev–Trinajstić information content (AvgIpc) is 2.88. The van der Waals surface area contributed by atoms with Gasteiger partial charge in [-0.3, -0.25) is 0 Å². The predicted octanol–water partition coefficient (Wildman–Crippen LogP) is 4.27. The predicted molar refractivity (Wildman–Crippen MR) is 80.9 cm³/mol. The van der Waals surface area contributed by atoms with Gasteiger partial charge >= 0.3 is 0 Å². The average molecular weight is 317 g/mol. The van der Waals surface area contributed by atoms with E-state index in [1.54, 1.807) is 30.4 Å². The summed E-state index contributed by atoms with van der Waals surface area (Å²) in [4.78, 5) is 4.03. The van der Waals surface area contributed by atoms with Gasteiger partial charge in [-0.1, -0.05) is 29.3 Å². The van der Waals surface area contributed by atoms with Gasteiger partial charge in [-0.25, -0.2) is 4.98 Å². The molecule has 0 aliphatic carbocycles. The van der Waals surface area contributed by atoms with Gasteiger partial charge in [-0.05, 0) is 18.4 Å². The highest BCUT2D eigenvalue weighted by molar-refractivity contribution is 7.98. The number of benzene rings is 1. The van der Waals surface area contributed by atoms with Crippen molar-refractivity contribution < 1.29 is 4.74 Å². The molecule has 2 rings (SSSR count). The fraction of sp³-hybridized carbons (Fsp3) is 0.308. The molecule has 2 aromatic rings. The van der Waals surface area contributed by atoms with Gasteiger partial charge in [-0.15, -0.1) is 11.8 Å². The first-order chi connectivity index (χ1) is 9.20. The van der Waals surface area contributed by atoms with Gasteiger partial charge in [0.15, 0.2) is 0 Å². The normalized spacial score (nSPS) is 12.6. The molecule has 1 heterocycles. The van der Waals surface area contributed by atoms with E-state index in [9.17, 15) is 0 Å². The van der Waals surface area contributed by atoms with E-state index in [1.165, 1.54) is 0 Å². The largest absolute Gasteiger partial charge is 0.361 e. The van der Waals surface area contributed by atoms with Crippen LogP contribution in [0.1, 0.15) is 11.7 Å². The minimum absolute atomic E-state index is 0.119. The molecular weight excluding hydrogens is 303 g/mol. The molecule has 0 unspecified atom stereocenters. The van der Waals surface area contributed by atoms with Crippen molar-refractivity contribution >= 4 is 35.0 Å². The Kier molecular flexibility index (Phi) is 5.58. The number of halogens is 2. The van der Waals surface area contributed by atoms with Crippen molar-refractivity contribution in [2.75, 3.05) is 12.2 Å². The first-order valence-corrected chi connectivity index (χ1v) is 7.87. The lowest BCUT2D eigenvalue weighted by Gasteiger charge is -2.19. The van der Waals surface area contributed by atoms with Crippen molar-refractivity contribution in [1.29, 1.82) is 0 Å². The number of aromatic nitrogens is 2. The van der Waals surface area contributed by atoms with Gasteiger partial charge in [-0.2, -0.15) is 0 Å². The highest BCUT2D eigenvalue weighted by Gasteiger charge is 2.16. The zero-order valence-electron chi connectivity index (χ0n) is 10.4. The highest BCUT2D eigenvalue weighted by atomic mass is 35.5. The van der Waals surface area contributed by atoms with E-state index in [-0.39, 0.29) is 6.10 Å². The summed E-state index contributed by atoms with van der Waals surface area (Å²) in [6.07, 6.45) is 7.29. The second-order valence-electron chi connectivity index (χ2n) is 3.99. The van der Waals surface area contributed by atoms with Crippen LogP contribution in [0.4, 0.5) is 0 Å². The molecule has 1 atom stereocenters. The van der Waals surface area contributed by atoms with Crippen LogP contribution in [0.3, 0.4) is 0 Å². The summed E-state index contributed by atoms with van der Waals surface area (Å²) < 4.78 is 7.83. The fourth-order valence-electron chi connectivity index (χ4n) is 1.74. The van der Waals surface area contributed by atoms with E-state index in [1.807, 2.05) is 29.2 Å². The standard InChI is InChI=1S/C13H14Cl2N2OS/c1-19-9-18-13(7-17-5-4-16-8-17)11-3-2-10(14)6-12(11)15/h2-6,8,13H,7,9H2,1H3/t13-/m1/s1. The van der Waals surface area contributed by atoms with Crippen molar-refractivity contribution in [3.8, 4) is 0 Å². The molecule has 6 heteroatoms. The molecule has 0 aliphatic rings. The highest BCUT2D eigenvalue weighted by Crippen LogP contribution is 2.30. The van der Waals surface area contributed by atoms with Crippen LogP contribution in [0.25, 0.3) is 0 Å². The molecule has 1 aromatic heterocycles. The molecule has 0 radical (unpaired) electrons. The Labute approximate surface area is 126 Å². The summed E-state index contributed by atoms with van der Waals surface area (Å²) in [5.74, 6) is 0.609. The molecule has 3 nitrogen and oxygen atoms in total. The van der Waals surface area contributed by atoms with Gasteiger partial charge in [0.1, 0.15) is 6.10 Å². The minimum Gasteiger partial charge on any atom is -0.361 e. The van der Waals surface area contributed by atoms with Crippen molar-refractivity contribution in [1.82, 2.24) is 9.55 Å². The molecule has 0 aliphatic heterocycles. The third-order valence-corrected chi connectivity index (χ3v) is 3.57. The molecule has 0 spiro atoms. The zero-order chi connectivity index (χ0) is 13.7. The number of hydrogen-bond donors (Lipinski definition) is 0. The molecule has 102 valence electrons. The Balaban J connectivity index is 2.20. The number of hydrogen-bond acceptors (Lipinski definition) is 3. The first kappa shape index (κ1) is 14.7. The molecule has 0 saturated carbocycles. The van der Waals surface area contributed by atoms with Crippen LogP contribution in [-0.2, 0) is 11.3 Å². The lowest BCUT2D eigenvalue weighted by Crippen LogP contribution is -2.12. The van der Waals surface area contributed by atoms with Crippen molar-refractivity contribution in [2.24, 2.45) is 0 Å². The summed E-state index contributed by atoms with van der Waals surface area (Å²) in [7, 11) is 0. The van der Waals surface area contributed by atoms with Crippen LogP contribution in [0.2, 0.25) is 10.0 Å². The third-order valence-electron chi connectivity index (χ3n) is 2.63. The van der Waals surface area contributed by atoms with E-state index in [0.717, 1.165) is 5.56 Å². The van der Waals surface area contributed by atoms with Crippen LogP contribution in [-0.4, -0.2) is 21.7 Å². The van der Waals surface area contributed by atoms with Gasteiger partial charge in [0, 0.05) is 28.0 Å². The molecule has 0 bridgehead atoms. The topological polar surface area (TPSA) is 27.1 Å². The van der Waals surface area contributed by atoms with Gasteiger partial charge < -0.3 is 9.30 Å². The van der Waals surface area contributed by atoms with Crippen LogP contribution >= 0.6 is 35.0 Å². The molecule has 19 heavy (non-hydrogen) atoms. The second-order valence-corrected chi connectivity index (χ2v) is 5.64. The summed E-state index contributed by atoms with van der Waals surface area (Å²) in [6.45, 7) is 0.669. The second kappa shape index (κ2) is 7.20. The lowest BCUT2D eigenvalue weighted by molar-refractivity contribution is 0.0761. The maximum Gasteiger partial charge on any atom is 0.103 e. The molecule has 0 fully saturated rings. The first-order valence-electron chi connectivity index (χ1n) is 5.72. The van der Waals surface area contributed by atoms with E-state index in [0.29, 0.717) is 22.5 Å². The van der Waals surface area contributed by atoms with Crippen LogP contribution < -0.4 is 0 Å². The number of imidazole rings is 1. The number of ether oxygens (including phenoxy) is 1. The van der Waals surface area contributed by atoms with Crippen LogP contribution in [0.5, 0.6) is 0 Å². The lowest BCUT2D eigenvalue weighted by atomic mass is 10.1. The van der Waals surface area contributed by atoms with Gasteiger partial charge in [0.25, 0.3) is 0 Å². The Bertz CT molecular complexity index is 519. The smallest absolute Gasteiger partial charge is 0.103 e. The maximum atomic E-state index is 6.25. The number of rotatable bonds is 6. The van der Waals surface area contributed by atoms with E-state index >= 15 is 0 Å². The maximum absolute atomic E-state index is 6.25. The summed E-state index contributed by atoms with van der Waals surface area (Å²) in [6, 6.07) is 5.47. The van der Waals surface area contributed by atoms with Crippen molar-refractivity contribution in [3.63, 3.8) is 0 Å². The van der Waals surface area contributed by atoms with Crippen LogP contribution in [0.15, 0.2) is 36.9 Å². The van der Waals surface area contributed by atoms with Gasteiger partial charge in [0.05, 0.1) is 18.8 Å². The molecule has 0 saturated heterocycles. The third kappa shape index (κ3) is 4.14. The van der Waals surface area contributed by atoms with Gasteiger partial charge in [0.2, 0.25) is 0 Å². The Morgan fingerprint density at radius 3 is 2.89 bits per heavy atom. The Hall–Kier alpha value is -0.680. The fourth-order valence-corrected chi connectivity index (χ4v) is 2.57. The molecular formula is C13H14Cl2N2OS. The molecule has 0 N–H and O–H groups in total. The van der Waals surface area contributed by atoms with Crippen LogP contribution in [0, 0.1) is 0 Å². The Morgan fingerprint density at radius 2 is 2.26 bits per heavy atom. The van der Waals surface area contributed by atoms with E-state index < -0.39 is 0 Å². The molecule has 1 aromatic carbocycles. The van der Waals surface area contributed by atoms with Crippen molar-refractivity contribution in [3.05, 3.63) is 52.5 Å². The van der Waals surface area contributed by atoms with E-state index in [2.05, 4.69) is 4.98 Å². The van der Waals surface area contributed by atoms with Crippen molar-refractivity contribution in [2.45, 2.75) is 12.6 Å².